The summed E-state index contributed by atoms with van der Waals surface area (Å²) in [7, 11) is 0. The summed E-state index contributed by atoms with van der Waals surface area (Å²) < 4.78 is 39.5. The van der Waals surface area contributed by atoms with E-state index in [0.29, 0.717) is 19.3 Å². The van der Waals surface area contributed by atoms with E-state index in [1.807, 2.05) is 6.07 Å². The maximum atomic E-state index is 13.2. The Morgan fingerprint density at radius 1 is 1.22 bits per heavy atom. The maximum Gasteiger partial charge on any atom is 0.399 e. The van der Waals surface area contributed by atoms with Gasteiger partial charge in [0.1, 0.15) is 5.92 Å². The zero-order chi connectivity index (χ0) is 17.2. The summed E-state index contributed by atoms with van der Waals surface area (Å²) in [6, 6.07) is 0.0164. The first-order chi connectivity index (χ1) is 10.8. The summed E-state index contributed by atoms with van der Waals surface area (Å²) in [6.45, 7) is 6.96. The van der Waals surface area contributed by atoms with Gasteiger partial charge in [0.15, 0.2) is 0 Å². The van der Waals surface area contributed by atoms with Crippen molar-refractivity contribution in [2.75, 3.05) is 0 Å². The molecule has 2 fully saturated rings. The van der Waals surface area contributed by atoms with Crippen LogP contribution in [0.1, 0.15) is 38.5 Å². The van der Waals surface area contributed by atoms with Crippen LogP contribution in [-0.4, -0.2) is 23.2 Å². The molecule has 0 saturated heterocycles. The lowest BCUT2D eigenvalue weighted by Gasteiger charge is -2.38. The molecule has 0 aromatic rings. The number of nitro groups is 1. The Morgan fingerprint density at radius 2 is 1.91 bits per heavy atom. The van der Waals surface area contributed by atoms with Gasteiger partial charge < -0.3 is 4.85 Å². The predicted octanol–water partition coefficient (Wildman–Crippen LogP) is 3.84. The number of alkyl halides is 3. The first-order valence-corrected chi connectivity index (χ1v) is 7.74. The maximum absolute atomic E-state index is 13.2. The van der Waals surface area contributed by atoms with Gasteiger partial charge in [-0.05, 0) is 31.6 Å². The van der Waals surface area contributed by atoms with E-state index < -0.39 is 40.9 Å². The molecule has 23 heavy (non-hydrogen) atoms. The fourth-order valence-corrected chi connectivity index (χ4v) is 4.16. The fourth-order valence-electron chi connectivity index (χ4n) is 4.16. The largest absolute Gasteiger partial charge is 0.399 e. The lowest BCUT2D eigenvalue weighted by molar-refractivity contribution is -0.539. The van der Waals surface area contributed by atoms with Gasteiger partial charge in [0.2, 0.25) is 12.1 Å². The van der Waals surface area contributed by atoms with E-state index in [0.717, 1.165) is 0 Å². The minimum absolute atomic E-state index is 0.119. The van der Waals surface area contributed by atoms with E-state index >= 15 is 0 Å². The highest BCUT2D eigenvalue weighted by Crippen LogP contribution is 2.47. The zero-order valence-corrected chi connectivity index (χ0v) is 12.5. The van der Waals surface area contributed by atoms with Crippen molar-refractivity contribution in [3.63, 3.8) is 0 Å². The van der Waals surface area contributed by atoms with Crippen molar-refractivity contribution in [3.8, 4) is 6.07 Å². The average molecular weight is 329 g/mol. The van der Waals surface area contributed by atoms with Crippen LogP contribution in [0.2, 0.25) is 0 Å². The van der Waals surface area contributed by atoms with Crippen LogP contribution in [0.4, 0.5) is 13.2 Å². The Balaban J connectivity index is 2.16. The van der Waals surface area contributed by atoms with Gasteiger partial charge in [0.25, 0.3) is 0 Å². The van der Waals surface area contributed by atoms with Crippen molar-refractivity contribution in [1.29, 1.82) is 5.26 Å². The molecule has 0 heterocycles. The third kappa shape index (κ3) is 3.74. The number of hydrogen-bond donors (Lipinski definition) is 0. The van der Waals surface area contributed by atoms with Gasteiger partial charge in [-0.15, -0.1) is 0 Å². The summed E-state index contributed by atoms with van der Waals surface area (Å²) in [5.74, 6) is -2.90. The molecule has 2 aliphatic carbocycles. The molecule has 0 aromatic carbocycles. The van der Waals surface area contributed by atoms with Crippen LogP contribution in [0.25, 0.3) is 4.85 Å². The number of hydrogen-bond acceptors (Lipinski definition) is 3. The van der Waals surface area contributed by atoms with Gasteiger partial charge >= 0.3 is 6.18 Å². The number of rotatable bonds is 2. The molecule has 5 nitrogen and oxygen atoms in total. The van der Waals surface area contributed by atoms with E-state index in [-0.39, 0.29) is 25.2 Å². The van der Waals surface area contributed by atoms with E-state index in [9.17, 15) is 23.3 Å². The second kappa shape index (κ2) is 6.74. The zero-order valence-electron chi connectivity index (χ0n) is 12.5. The highest BCUT2D eigenvalue weighted by Gasteiger charge is 2.54. The van der Waals surface area contributed by atoms with Crippen LogP contribution >= 0.6 is 0 Å². The van der Waals surface area contributed by atoms with Crippen molar-refractivity contribution < 1.29 is 18.1 Å². The first kappa shape index (κ1) is 17.5. The second-order valence-electron chi connectivity index (χ2n) is 6.57. The molecule has 0 amide bonds. The monoisotopic (exact) mass is 329 g/mol. The summed E-state index contributed by atoms with van der Waals surface area (Å²) >= 11 is 0. The molecule has 0 bridgehead atoms. The predicted molar refractivity (Wildman–Crippen MR) is 74.5 cm³/mol. The van der Waals surface area contributed by atoms with Crippen LogP contribution in [0.5, 0.6) is 0 Å². The van der Waals surface area contributed by atoms with Crippen LogP contribution in [-0.2, 0) is 0 Å². The lowest BCUT2D eigenvalue weighted by Crippen LogP contribution is -2.45. The Kier molecular flexibility index (Phi) is 5.13. The molecule has 126 valence electrons. The van der Waals surface area contributed by atoms with E-state index in [2.05, 4.69) is 4.85 Å². The number of nitriles is 1. The number of halogens is 3. The molecule has 0 aliphatic heterocycles. The van der Waals surface area contributed by atoms with Crippen molar-refractivity contribution in [3.05, 3.63) is 21.5 Å². The van der Waals surface area contributed by atoms with Crippen LogP contribution < -0.4 is 0 Å². The van der Waals surface area contributed by atoms with Gasteiger partial charge in [-0.3, -0.25) is 10.1 Å². The van der Waals surface area contributed by atoms with Crippen LogP contribution in [0.3, 0.4) is 0 Å². The van der Waals surface area contributed by atoms with Gasteiger partial charge in [-0.25, -0.2) is 6.57 Å². The van der Waals surface area contributed by atoms with Gasteiger partial charge in [-0.2, -0.15) is 18.4 Å². The smallest absolute Gasteiger partial charge is 0.313 e. The molecule has 2 rings (SSSR count). The van der Waals surface area contributed by atoms with Crippen LogP contribution in [0.15, 0.2) is 0 Å². The molecule has 0 spiro atoms. The normalized spacial score (nSPS) is 38.3. The number of nitrogens with zero attached hydrogens (tertiary/aromatic N) is 3. The highest BCUT2D eigenvalue weighted by atomic mass is 19.4. The Hall–Kier alpha value is -1.83. The van der Waals surface area contributed by atoms with Crippen LogP contribution in [0, 0.1) is 51.7 Å². The van der Waals surface area contributed by atoms with Gasteiger partial charge in [0.05, 0.1) is 12.0 Å². The standard InChI is InChI=1S/C15H18F3N3O2/c1-20-13-5-3-10(7-12(13)15(16,17)18)11-4-2-9(8-19)6-14(11)21(22)23/h9-14H,2-7H2. The minimum Gasteiger partial charge on any atom is -0.313 e. The van der Waals surface area contributed by atoms with Crippen molar-refractivity contribution >= 4 is 0 Å². The van der Waals surface area contributed by atoms with Gasteiger partial charge in [-0.1, -0.05) is 0 Å². The molecular formula is C15H18F3N3O2. The molecule has 6 atom stereocenters. The second-order valence-corrected chi connectivity index (χ2v) is 6.57. The molecule has 2 aliphatic rings. The van der Waals surface area contributed by atoms with Crippen molar-refractivity contribution in [1.82, 2.24) is 0 Å². The third-order valence-electron chi connectivity index (χ3n) is 5.37. The molecule has 6 unspecified atom stereocenters. The Bertz CT molecular complexity index is 538. The SMILES string of the molecule is [C-]#[N+]C1CCC(C2CCC(C#N)CC2[N+](=O)[O-])CC1C(F)(F)F. The third-order valence-corrected chi connectivity index (χ3v) is 5.37. The topological polar surface area (TPSA) is 71.3 Å². The van der Waals surface area contributed by atoms with Crippen molar-refractivity contribution in [2.24, 2.45) is 23.7 Å². The van der Waals surface area contributed by atoms with Gasteiger partial charge in [0, 0.05) is 23.7 Å². The summed E-state index contributed by atoms with van der Waals surface area (Å²) in [5.41, 5.74) is 0. The Morgan fingerprint density at radius 3 is 2.43 bits per heavy atom. The summed E-state index contributed by atoms with van der Waals surface area (Å²) in [6.07, 6.45) is -3.04. The lowest BCUT2D eigenvalue weighted by atomic mass is 9.65. The van der Waals surface area contributed by atoms with Crippen molar-refractivity contribution in [2.45, 2.75) is 56.8 Å². The quantitative estimate of drug-likeness (QED) is 0.439. The fraction of sp³-hybridized carbons (Fsp3) is 0.867. The molecule has 0 N–H and O–H groups in total. The van der Waals surface area contributed by atoms with E-state index in [1.165, 1.54) is 0 Å². The highest BCUT2D eigenvalue weighted by molar-refractivity contribution is 4.99. The average Bonchev–Trinajstić information content (AvgIpc) is 2.52. The minimum atomic E-state index is -4.44. The molecule has 2 saturated carbocycles. The first-order valence-electron chi connectivity index (χ1n) is 7.74. The molecular weight excluding hydrogens is 311 g/mol. The molecule has 8 heteroatoms. The summed E-state index contributed by atoms with van der Waals surface area (Å²) in [5, 5.41) is 20.2. The van der Waals surface area contributed by atoms with E-state index in [1.54, 1.807) is 0 Å². The summed E-state index contributed by atoms with van der Waals surface area (Å²) in [4.78, 5) is 14.0. The molecule has 0 aromatic heterocycles. The Labute approximate surface area is 132 Å². The van der Waals surface area contributed by atoms with E-state index in [4.69, 9.17) is 11.8 Å². The molecule has 0 radical (unpaired) electrons.